The highest BCUT2D eigenvalue weighted by atomic mass is 16.2. The van der Waals surface area contributed by atoms with Crippen LogP contribution in [-0.4, -0.2) is 42.5 Å². The molecule has 0 aliphatic carbocycles. The number of nitrogens with two attached hydrogens (primary N) is 1. The summed E-state index contributed by atoms with van der Waals surface area (Å²) in [6, 6.07) is 0.949. The SMILES string of the molecule is CC(CN)C(=O)NC1CCN2CCCCC12. The Balaban J connectivity index is 1.88. The lowest BCUT2D eigenvalue weighted by Crippen LogP contribution is -2.48. The lowest BCUT2D eigenvalue weighted by molar-refractivity contribution is -0.125. The van der Waals surface area contributed by atoms with Crippen molar-refractivity contribution in [1.82, 2.24) is 10.2 Å². The molecule has 0 radical (unpaired) electrons. The largest absolute Gasteiger partial charge is 0.351 e. The van der Waals surface area contributed by atoms with Crippen molar-refractivity contribution in [2.24, 2.45) is 11.7 Å². The van der Waals surface area contributed by atoms with Crippen LogP contribution in [0.1, 0.15) is 32.6 Å². The van der Waals surface area contributed by atoms with Gasteiger partial charge in [-0.15, -0.1) is 0 Å². The van der Waals surface area contributed by atoms with Crippen molar-refractivity contribution in [1.29, 1.82) is 0 Å². The fraction of sp³-hybridized carbons (Fsp3) is 0.917. The smallest absolute Gasteiger partial charge is 0.224 e. The van der Waals surface area contributed by atoms with E-state index in [0.717, 1.165) is 13.0 Å². The second-order valence-corrected chi connectivity index (χ2v) is 5.14. The molecule has 2 fully saturated rings. The second-order valence-electron chi connectivity index (χ2n) is 5.14. The average Bonchev–Trinajstić information content (AvgIpc) is 2.72. The van der Waals surface area contributed by atoms with E-state index < -0.39 is 0 Å². The van der Waals surface area contributed by atoms with Gasteiger partial charge in [-0.3, -0.25) is 9.69 Å². The van der Waals surface area contributed by atoms with E-state index in [-0.39, 0.29) is 11.8 Å². The van der Waals surface area contributed by atoms with Crippen LogP contribution in [-0.2, 0) is 4.79 Å². The summed E-state index contributed by atoms with van der Waals surface area (Å²) in [4.78, 5) is 14.3. The van der Waals surface area contributed by atoms with Crippen LogP contribution in [0.25, 0.3) is 0 Å². The summed E-state index contributed by atoms with van der Waals surface area (Å²) < 4.78 is 0. The van der Waals surface area contributed by atoms with E-state index in [1.807, 2.05) is 6.92 Å². The lowest BCUT2D eigenvalue weighted by atomic mass is 9.98. The van der Waals surface area contributed by atoms with E-state index in [1.54, 1.807) is 0 Å². The molecule has 3 atom stereocenters. The van der Waals surface area contributed by atoms with Crippen molar-refractivity contribution in [2.45, 2.75) is 44.7 Å². The van der Waals surface area contributed by atoms with Crippen molar-refractivity contribution in [2.75, 3.05) is 19.6 Å². The van der Waals surface area contributed by atoms with Crippen molar-refractivity contribution < 1.29 is 4.79 Å². The van der Waals surface area contributed by atoms with Gasteiger partial charge in [0.05, 0.1) is 0 Å². The minimum Gasteiger partial charge on any atom is -0.351 e. The lowest BCUT2D eigenvalue weighted by Gasteiger charge is -2.32. The van der Waals surface area contributed by atoms with Gasteiger partial charge in [0, 0.05) is 31.1 Å². The Morgan fingerprint density at radius 1 is 1.44 bits per heavy atom. The Morgan fingerprint density at radius 3 is 3.00 bits per heavy atom. The van der Waals surface area contributed by atoms with Crippen LogP contribution < -0.4 is 11.1 Å². The number of fused-ring (bicyclic) bond motifs is 1. The van der Waals surface area contributed by atoms with Crippen LogP contribution >= 0.6 is 0 Å². The number of amides is 1. The maximum atomic E-state index is 11.8. The van der Waals surface area contributed by atoms with Gasteiger partial charge in [0.2, 0.25) is 5.91 Å². The molecular weight excluding hydrogens is 202 g/mol. The molecule has 92 valence electrons. The molecule has 4 nitrogen and oxygen atoms in total. The topological polar surface area (TPSA) is 58.4 Å². The number of nitrogens with zero attached hydrogens (tertiary/aromatic N) is 1. The number of carbonyl (C=O) groups is 1. The number of carbonyl (C=O) groups excluding carboxylic acids is 1. The zero-order chi connectivity index (χ0) is 11.5. The monoisotopic (exact) mass is 225 g/mol. The Kier molecular flexibility index (Phi) is 3.82. The molecule has 3 N–H and O–H groups in total. The minimum atomic E-state index is -0.0577. The first-order chi connectivity index (χ1) is 7.72. The highest BCUT2D eigenvalue weighted by Crippen LogP contribution is 2.27. The Bertz CT molecular complexity index is 257. The molecule has 2 aliphatic heterocycles. The zero-order valence-electron chi connectivity index (χ0n) is 10.1. The van der Waals surface area contributed by atoms with Crippen LogP contribution in [0.2, 0.25) is 0 Å². The predicted octanol–water partition coefficient (Wildman–Crippen LogP) is 0.324. The molecule has 0 spiro atoms. The maximum absolute atomic E-state index is 11.8. The Hall–Kier alpha value is -0.610. The Morgan fingerprint density at radius 2 is 2.25 bits per heavy atom. The van der Waals surface area contributed by atoms with E-state index in [9.17, 15) is 4.79 Å². The third-order valence-corrected chi connectivity index (χ3v) is 3.98. The molecule has 0 aromatic heterocycles. The molecule has 2 heterocycles. The number of rotatable bonds is 3. The normalized spacial score (nSPS) is 32.1. The summed E-state index contributed by atoms with van der Waals surface area (Å²) >= 11 is 0. The predicted molar refractivity (Wildman–Crippen MR) is 64.0 cm³/mol. The summed E-state index contributed by atoms with van der Waals surface area (Å²) in [7, 11) is 0. The van der Waals surface area contributed by atoms with E-state index >= 15 is 0 Å². The fourth-order valence-electron chi connectivity index (χ4n) is 2.85. The highest BCUT2D eigenvalue weighted by molar-refractivity contribution is 5.78. The van der Waals surface area contributed by atoms with Crippen LogP contribution in [0.15, 0.2) is 0 Å². The first-order valence-electron chi connectivity index (χ1n) is 6.47. The molecule has 0 aromatic carbocycles. The zero-order valence-corrected chi connectivity index (χ0v) is 10.1. The Labute approximate surface area is 97.6 Å². The van der Waals surface area contributed by atoms with Gasteiger partial charge in [-0.05, 0) is 25.8 Å². The molecule has 0 bridgehead atoms. The molecule has 2 aliphatic rings. The summed E-state index contributed by atoms with van der Waals surface area (Å²) in [5, 5.41) is 3.17. The van der Waals surface area contributed by atoms with E-state index in [2.05, 4.69) is 10.2 Å². The number of hydrogen-bond donors (Lipinski definition) is 2. The van der Waals surface area contributed by atoms with E-state index in [4.69, 9.17) is 5.73 Å². The van der Waals surface area contributed by atoms with Crippen molar-refractivity contribution in [3.8, 4) is 0 Å². The van der Waals surface area contributed by atoms with Gasteiger partial charge in [-0.1, -0.05) is 13.3 Å². The van der Waals surface area contributed by atoms with Gasteiger partial charge in [-0.25, -0.2) is 0 Å². The quantitative estimate of drug-likeness (QED) is 0.727. The molecule has 4 heteroatoms. The van der Waals surface area contributed by atoms with Crippen LogP contribution in [0.5, 0.6) is 0 Å². The average molecular weight is 225 g/mol. The van der Waals surface area contributed by atoms with Gasteiger partial charge < -0.3 is 11.1 Å². The van der Waals surface area contributed by atoms with Gasteiger partial charge in [-0.2, -0.15) is 0 Å². The van der Waals surface area contributed by atoms with Gasteiger partial charge >= 0.3 is 0 Å². The van der Waals surface area contributed by atoms with Gasteiger partial charge in [0.15, 0.2) is 0 Å². The molecule has 1 amide bonds. The number of hydrogen-bond acceptors (Lipinski definition) is 3. The summed E-state index contributed by atoms with van der Waals surface area (Å²) in [6.07, 6.45) is 4.96. The van der Waals surface area contributed by atoms with Crippen LogP contribution in [0.3, 0.4) is 0 Å². The number of piperidine rings is 1. The van der Waals surface area contributed by atoms with Crippen LogP contribution in [0, 0.1) is 5.92 Å². The van der Waals surface area contributed by atoms with E-state index in [1.165, 1.54) is 25.8 Å². The first-order valence-corrected chi connectivity index (χ1v) is 6.47. The molecule has 3 unspecified atom stereocenters. The summed E-state index contributed by atoms with van der Waals surface area (Å²) in [5.41, 5.74) is 5.51. The van der Waals surface area contributed by atoms with E-state index in [0.29, 0.717) is 18.6 Å². The maximum Gasteiger partial charge on any atom is 0.224 e. The third-order valence-electron chi connectivity index (χ3n) is 3.98. The van der Waals surface area contributed by atoms with Crippen molar-refractivity contribution >= 4 is 5.91 Å². The standard InChI is InChI=1S/C12H23N3O/c1-9(8-13)12(16)14-10-5-7-15-6-3-2-4-11(10)15/h9-11H,2-8,13H2,1H3,(H,14,16). The molecule has 0 aromatic rings. The van der Waals surface area contributed by atoms with Crippen molar-refractivity contribution in [3.63, 3.8) is 0 Å². The van der Waals surface area contributed by atoms with Gasteiger partial charge in [0.25, 0.3) is 0 Å². The molecule has 16 heavy (non-hydrogen) atoms. The fourth-order valence-corrected chi connectivity index (χ4v) is 2.85. The number of nitrogens with one attached hydrogen (secondary N) is 1. The van der Waals surface area contributed by atoms with Crippen LogP contribution in [0.4, 0.5) is 0 Å². The van der Waals surface area contributed by atoms with Crippen molar-refractivity contribution in [3.05, 3.63) is 0 Å². The third kappa shape index (κ3) is 2.38. The molecule has 2 rings (SSSR count). The molecule has 2 saturated heterocycles. The highest BCUT2D eigenvalue weighted by Gasteiger charge is 2.36. The summed E-state index contributed by atoms with van der Waals surface area (Å²) in [6.45, 7) is 4.69. The summed E-state index contributed by atoms with van der Waals surface area (Å²) in [5.74, 6) is 0.0672. The van der Waals surface area contributed by atoms with Gasteiger partial charge in [0.1, 0.15) is 0 Å². The molecule has 0 saturated carbocycles. The minimum absolute atomic E-state index is 0.0577. The molecular formula is C12H23N3O. The first kappa shape index (κ1) is 11.9. The second kappa shape index (κ2) is 5.15.